The number of carbonyl (C=O) groups is 3. The SMILES string of the molecule is CCC(Sc1cccc(NC(=O)/C(=C\c2cc(OC)c(OC)c(OC)c2)NC(=O)c2ccccc2)c1)C(=O)Nc1ccccc1Br. The number of ether oxygens (including phenoxy) is 3. The first-order valence-corrected chi connectivity index (χ1v) is 15.9. The number of benzene rings is 4. The van der Waals surface area contributed by atoms with E-state index in [1.807, 2.05) is 37.3 Å². The van der Waals surface area contributed by atoms with E-state index in [1.54, 1.807) is 60.7 Å². The highest BCUT2D eigenvalue weighted by molar-refractivity contribution is 9.10. The largest absolute Gasteiger partial charge is 0.493 e. The number of anilines is 2. The molecule has 4 aromatic rings. The third-order valence-corrected chi connectivity index (χ3v) is 8.74. The summed E-state index contributed by atoms with van der Waals surface area (Å²) < 4.78 is 17.1. The van der Waals surface area contributed by atoms with Gasteiger partial charge in [0, 0.05) is 20.6 Å². The molecule has 3 amide bonds. The van der Waals surface area contributed by atoms with Gasteiger partial charge < -0.3 is 30.2 Å². The first-order valence-electron chi connectivity index (χ1n) is 14.3. The van der Waals surface area contributed by atoms with Crippen molar-refractivity contribution in [3.8, 4) is 17.2 Å². The Bertz CT molecular complexity index is 1710. The Balaban J connectivity index is 1.59. The van der Waals surface area contributed by atoms with Crippen molar-refractivity contribution in [3.63, 3.8) is 0 Å². The molecule has 0 heterocycles. The normalized spacial score (nSPS) is 11.6. The number of carbonyl (C=O) groups excluding carboxylic acids is 3. The van der Waals surface area contributed by atoms with Crippen LogP contribution in [0.5, 0.6) is 17.2 Å². The summed E-state index contributed by atoms with van der Waals surface area (Å²) in [7, 11) is 4.49. The molecule has 0 bridgehead atoms. The van der Waals surface area contributed by atoms with E-state index >= 15 is 0 Å². The molecule has 46 heavy (non-hydrogen) atoms. The van der Waals surface area contributed by atoms with Crippen molar-refractivity contribution < 1.29 is 28.6 Å². The van der Waals surface area contributed by atoms with Crippen LogP contribution in [0, 0.1) is 0 Å². The van der Waals surface area contributed by atoms with Crippen molar-refractivity contribution in [2.45, 2.75) is 23.5 Å². The lowest BCUT2D eigenvalue weighted by Crippen LogP contribution is -2.30. The third-order valence-electron chi connectivity index (χ3n) is 6.69. The summed E-state index contributed by atoms with van der Waals surface area (Å²) >= 11 is 4.86. The molecule has 1 atom stereocenters. The van der Waals surface area contributed by atoms with Crippen LogP contribution < -0.4 is 30.2 Å². The van der Waals surface area contributed by atoms with Crippen molar-refractivity contribution >= 4 is 62.9 Å². The average molecular weight is 705 g/mol. The molecule has 0 aromatic heterocycles. The van der Waals surface area contributed by atoms with Gasteiger partial charge in [0.15, 0.2) is 11.5 Å². The van der Waals surface area contributed by atoms with Gasteiger partial charge in [0.25, 0.3) is 11.8 Å². The molecule has 0 saturated carbocycles. The quantitative estimate of drug-likeness (QED) is 0.0982. The Morgan fingerprint density at radius 1 is 0.826 bits per heavy atom. The minimum Gasteiger partial charge on any atom is -0.493 e. The van der Waals surface area contributed by atoms with E-state index in [0.717, 1.165) is 9.37 Å². The molecule has 0 aliphatic rings. The van der Waals surface area contributed by atoms with Crippen LogP contribution in [0.4, 0.5) is 11.4 Å². The second-order valence-electron chi connectivity index (χ2n) is 9.80. The summed E-state index contributed by atoms with van der Waals surface area (Å²) in [4.78, 5) is 40.7. The first kappa shape index (κ1) is 34.1. The van der Waals surface area contributed by atoms with Gasteiger partial charge in [-0.05, 0) is 88.6 Å². The fourth-order valence-electron chi connectivity index (χ4n) is 4.40. The molecule has 9 nitrogen and oxygen atoms in total. The summed E-state index contributed by atoms with van der Waals surface area (Å²) in [6.45, 7) is 1.94. The van der Waals surface area contributed by atoms with E-state index in [1.165, 1.54) is 39.2 Å². The molecule has 3 N–H and O–H groups in total. The molecule has 238 valence electrons. The van der Waals surface area contributed by atoms with Gasteiger partial charge in [-0.25, -0.2) is 0 Å². The third kappa shape index (κ3) is 8.92. The van der Waals surface area contributed by atoms with Gasteiger partial charge in [0.05, 0.1) is 32.3 Å². The fourth-order valence-corrected chi connectivity index (χ4v) is 5.80. The fraction of sp³-hybridized carbons (Fsp3) is 0.171. The number of halogens is 1. The maximum absolute atomic E-state index is 13.7. The van der Waals surface area contributed by atoms with Crippen LogP contribution in [0.15, 0.2) is 106 Å². The Hall–Kier alpha value is -4.74. The van der Waals surface area contributed by atoms with Gasteiger partial charge in [-0.15, -0.1) is 11.8 Å². The van der Waals surface area contributed by atoms with Crippen LogP contribution in [0.3, 0.4) is 0 Å². The van der Waals surface area contributed by atoms with Gasteiger partial charge in [-0.3, -0.25) is 14.4 Å². The summed E-state index contributed by atoms with van der Waals surface area (Å²) in [5.41, 5.74) is 2.08. The summed E-state index contributed by atoms with van der Waals surface area (Å²) in [6, 6.07) is 26.5. The number of hydrogen-bond donors (Lipinski definition) is 3. The van der Waals surface area contributed by atoms with E-state index in [4.69, 9.17) is 14.2 Å². The van der Waals surface area contributed by atoms with E-state index in [9.17, 15) is 14.4 Å². The number of methoxy groups -OCH3 is 3. The highest BCUT2D eigenvalue weighted by Crippen LogP contribution is 2.39. The lowest BCUT2D eigenvalue weighted by Gasteiger charge is -2.16. The maximum Gasteiger partial charge on any atom is 0.272 e. The van der Waals surface area contributed by atoms with Crippen LogP contribution in [0.1, 0.15) is 29.3 Å². The van der Waals surface area contributed by atoms with Crippen molar-refractivity contribution in [1.82, 2.24) is 5.32 Å². The standard InChI is InChI=1S/C35H34BrN3O6S/c1-5-31(35(42)38-27-17-10-9-16-26(27)36)46-25-15-11-14-24(21-25)37-34(41)28(39-33(40)23-12-7-6-8-13-23)18-22-19-29(43-2)32(45-4)30(20-22)44-3/h6-21,31H,5H2,1-4H3,(H,37,41)(H,38,42)(H,39,40)/b28-18+. The van der Waals surface area contributed by atoms with Gasteiger partial charge in [-0.1, -0.05) is 43.3 Å². The predicted molar refractivity (Wildman–Crippen MR) is 186 cm³/mol. The Labute approximate surface area is 280 Å². The van der Waals surface area contributed by atoms with Crippen molar-refractivity contribution in [2.75, 3.05) is 32.0 Å². The molecule has 11 heteroatoms. The lowest BCUT2D eigenvalue weighted by molar-refractivity contribution is -0.116. The van der Waals surface area contributed by atoms with Crippen LogP contribution >= 0.6 is 27.7 Å². The smallest absolute Gasteiger partial charge is 0.272 e. The number of rotatable bonds is 13. The van der Waals surface area contributed by atoms with E-state index < -0.39 is 11.8 Å². The Morgan fingerprint density at radius 3 is 2.13 bits per heavy atom. The highest BCUT2D eigenvalue weighted by Gasteiger charge is 2.21. The molecule has 4 rings (SSSR count). The van der Waals surface area contributed by atoms with Gasteiger partial charge >= 0.3 is 0 Å². The van der Waals surface area contributed by atoms with Gasteiger partial charge in [0.1, 0.15) is 5.70 Å². The number of para-hydroxylation sites is 1. The highest BCUT2D eigenvalue weighted by atomic mass is 79.9. The maximum atomic E-state index is 13.7. The van der Waals surface area contributed by atoms with Gasteiger partial charge in [-0.2, -0.15) is 0 Å². The molecular weight excluding hydrogens is 670 g/mol. The van der Waals surface area contributed by atoms with Crippen LogP contribution in [0.2, 0.25) is 0 Å². The second kappa shape index (κ2) is 16.5. The van der Waals surface area contributed by atoms with E-state index in [-0.39, 0.29) is 16.9 Å². The molecule has 0 aliphatic heterocycles. The van der Waals surface area contributed by atoms with Crippen LogP contribution in [0.25, 0.3) is 6.08 Å². The van der Waals surface area contributed by atoms with Crippen LogP contribution in [-0.2, 0) is 9.59 Å². The second-order valence-corrected chi connectivity index (χ2v) is 11.9. The minimum absolute atomic E-state index is 0.0135. The monoisotopic (exact) mass is 703 g/mol. The molecule has 0 radical (unpaired) electrons. The molecule has 0 aliphatic carbocycles. The lowest BCUT2D eigenvalue weighted by atomic mass is 10.1. The topological polar surface area (TPSA) is 115 Å². The number of hydrogen-bond acceptors (Lipinski definition) is 7. The van der Waals surface area contributed by atoms with Crippen molar-refractivity contribution in [2.24, 2.45) is 0 Å². The molecule has 1 unspecified atom stereocenters. The number of thioether (sulfide) groups is 1. The van der Waals surface area contributed by atoms with Crippen molar-refractivity contribution in [3.05, 3.63) is 112 Å². The molecular formula is C35H34BrN3O6S. The van der Waals surface area contributed by atoms with Crippen molar-refractivity contribution in [1.29, 1.82) is 0 Å². The minimum atomic E-state index is -0.557. The van der Waals surface area contributed by atoms with E-state index in [0.29, 0.717) is 46.2 Å². The van der Waals surface area contributed by atoms with Gasteiger partial charge in [0.2, 0.25) is 11.7 Å². The first-order chi connectivity index (χ1) is 22.3. The molecule has 0 saturated heterocycles. The zero-order valence-corrected chi connectivity index (χ0v) is 28.2. The Kier molecular flexibility index (Phi) is 12.3. The predicted octanol–water partition coefficient (Wildman–Crippen LogP) is 7.39. The summed E-state index contributed by atoms with van der Waals surface area (Å²) in [5.74, 6) is 0.0287. The molecule has 4 aromatic carbocycles. The zero-order valence-electron chi connectivity index (χ0n) is 25.8. The number of amides is 3. The summed E-state index contributed by atoms with van der Waals surface area (Å²) in [6.07, 6.45) is 2.11. The summed E-state index contributed by atoms with van der Waals surface area (Å²) in [5, 5.41) is 8.21. The molecule has 0 spiro atoms. The number of nitrogens with one attached hydrogen (secondary N) is 3. The molecule has 0 fully saturated rings. The van der Waals surface area contributed by atoms with E-state index in [2.05, 4.69) is 31.9 Å². The average Bonchev–Trinajstić information content (AvgIpc) is 3.07. The Morgan fingerprint density at radius 2 is 1.50 bits per heavy atom. The van der Waals surface area contributed by atoms with Crippen LogP contribution in [-0.4, -0.2) is 44.3 Å². The zero-order chi connectivity index (χ0) is 33.1.